The lowest BCUT2D eigenvalue weighted by Crippen LogP contribution is -2.34. The van der Waals surface area contributed by atoms with E-state index in [0.717, 1.165) is 11.3 Å². The van der Waals surface area contributed by atoms with E-state index in [4.69, 9.17) is 14.2 Å². The summed E-state index contributed by atoms with van der Waals surface area (Å²) in [7, 11) is 4.84. The summed E-state index contributed by atoms with van der Waals surface area (Å²) >= 11 is 1.72. The number of anilines is 1. The number of ether oxygens (including phenoxy) is 3. The molecule has 1 saturated heterocycles. The van der Waals surface area contributed by atoms with Crippen LogP contribution in [0.25, 0.3) is 0 Å². The minimum atomic E-state index is -0.143. The van der Waals surface area contributed by atoms with Gasteiger partial charge < -0.3 is 24.4 Å². The van der Waals surface area contributed by atoms with E-state index in [-0.39, 0.29) is 11.4 Å². The molecule has 2 aromatic carbocycles. The highest BCUT2D eigenvalue weighted by Gasteiger charge is 2.31. The van der Waals surface area contributed by atoms with Crippen molar-refractivity contribution in [2.75, 3.05) is 38.9 Å². The van der Waals surface area contributed by atoms with Gasteiger partial charge in [-0.2, -0.15) is 0 Å². The van der Waals surface area contributed by atoms with Crippen LogP contribution in [0.2, 0.25) is 0 Å². The Hall–Kier alpha value is -2.54. The van der Waals surface area contributed by atoms with Gasteiger partial charge in [0.1, 0.15) is 22.6 Å². The second-order valence-electron chi connectivity index (χ2n) is 5.72. The predicted octanol–water partition coefficient (Wildman–Crippen LogP) is 3.99. The van der Waals surface area contributed by atoms with Crippen LogP contribution in [0.15, 0.2) is 42.5 Å². The SMILES string of the molecule is COc1cccc(NC(=O)N2CCS[C@H]2c2cc(OC)cc(OC)c2)c1. The van der Waals surface area contributed by atoms with E-state index in [1.165, 1.54) is 0 Å². The van der Waals surface area contributed by atoms with Crippen molar-refractivity contribution >= 4 is 23.5 Å². The highest BCUT2D eigenvalue weighted by molar-refractivity contribution is 7.99. The highest BCUT2D eigenvalue weighted by atomic mass is 32.2. The van der Waals surface area contributed by atoms with Gasteiger partial charge in [0.25, 0.3) is 0 Å². The molecule has 2 amide bonds. The number of thioether (sulfide) groups is 1. The first-order valence-corrected chi connectivity index (χ1v) is 9.25. The molecule has 1 N–H and O–H groups in total. The van der Waals surface area contributed by atoms with Crippen molar-refractivity contribution in [2.45, 2.75) is 5.37 Å². The van der Waals surface area contributed by atoms with Crippen LogP contribution in [0.3, 0.4) is 0 Å². The Morgan fingerprint density at radius 2 is 1.73 bits per heavy atom. The molecule has 0 spiro atoms. The van der Waals surface area contributed by atoms with Gasteiger partial charge in [0, 0.05) is 30.1 Å². The molecule has 26 heavy (non-hydrogen) atoms. The van der Waals surface area contributed by atoms with Gasteiger partial charge in [0.05, 0.1) is 21.3 Å². The maximum atomic E-state index is 12.8. The summed E-state index contributed by atoms with van der Waals surface area (Å²) in [4.78, 5) is 14.6. The molecule has 0 unspecified atom stereocenters. The lowest BCUT2D eigenvalue weighted by molar-refractivity contribution is 0.214. The minimum Gasteiger partial charge on any atom is -0.497 e. The topological polar surface area (TPSA) is 60.0 Å². The number of hydrogen-bond acceptors (Lipinski definition) is 5. The first kappa shape index (κ1) is 18.3. The van der Waals surface area contributed by atoms with Crippen molar-refractivity contribution < 1.29 is 19.0 Å². The number of hydrogen-bond donors (Lipinski definition) is 1. The smallest absolute Gasteiger partial charge is 0.323 e. The van der Waals surface area contributed by atoms with Crippen LogP contribution in [-0.2, 0) is 0 Å². The van der Waals surface area contributed by atoms with Crippen LogP contribution in [0.4, 0.5) is 10.5 Å². The summed E-state index contributed by atoms with van der Waals surface area (Å²) in [5.74, 6) is 2.99. The van der Waals surface area contributed by atoms with Crippen LogP contribution in [0.1, 0.15) is 10.9 Å². The van der Waals surface area contributed by atoms with Gasteiger partial charge in [-0.3, -0.25) is 0 Å². The fourth-order valence-corrected chi connectivity index (χ4v) is 4.06. The van der Waals surface area contributed by atoms with Crippen LogP contribution in [0, 0.1) is 0 Å². The Bertz CT molecular complexity index is 762. The zero-order valence-electron chi connectivity index (χ0n) is 15.0. The van der Waals surface area contributed by atoms with E-state index < -0.39 is 0 Å². The fourth-order valence-electron chi connectivity index (χ4n) is 2.82. The van der Waals surface area contributed by atoms with E-state index in [1.54, 1.807) is 39.2 Å². The summed E-state index contributed by atoms with van der Waals surface area (Å²) in [6.45, 7) is 0.671. The summed E-state index contributed by atoms with van der Waals surface area (Å²) in [5.41, 5.74) is 1.68. The normalized spacial score (nSPS) is 16.3. The average Bonchev–Trinajstić information content (AvgIpc) is 3.17. The lowest BCUT2D eigenvalue weighted by Gasteiger charge is -2.25. The van der Waals surface area contributed by atoms with E-state index in [9.17, 15) is 4.79 Å². The van der Waals surface area contributed by atoms with Crippen molar-refractivity contribution in [1.82, 2.24) is 4.90 Å². The third-order valence-electron chi connectivity index (χ3n) is 4.13. The number of benzene rings is 2. The van der Waals surface area contributed by atoms with Crippen molar-refractivity contribution in [3.63, 3.8) is 0 Å². The molecular formula is C19H22N2O4S. The molecule has 1 atom stereocenters. The first-order valence-electron chi connectivity index (χ1n) is 8.21. The molecule has 2 aromatic rings. The molecule has 1 aliphatic heterocycles. The van der Waals surface area contributed by atoms with Crippen molar-refractivity contribution in [2.24, 2.45) is 0 Å². The van der Waals surface area contributed by atoms with Crippen LogP contribution >= 0.6 is 11.8 Å². The second kappa shape index (κ2) is 8.23. The number of carbonyl (C=O) groups excluding carboxylic acids is 1. The van der Waals surface area contributed by atoms with E-state index in [2.05, 4.69) is 5.32 Å². The third-order valence-corrected chi connectivity index (χ3v) is 5.39. The molecule has 0 aromatic heterocycles. The van der Waals surface area contributed by atoms with Gasteiger partial charge in [-0.15, -0.1) is 11.8 Å². The Morgan fingerprint density at radius 1 is 1.04 bits per heavy atom. The zero-order chi connectivity index (χ0) is 18.5. The van der Waals surface area contributed by atoms with Crippen molar-refractivity contribution in [1.29, 1.82) is 0 Å². The van der Waals surface area contributed by atoms with Gasteiger partial charge in [0.2, 0.25) is 0 Å². The van der Waals surface area contributed by atoms with Crippen LogP contribution in [-0.4, -0.2) is 44.6 Å². The molecule has 6 nitrogen and oxygen atoms in total. The molecule has 138 valence electrons. The van der Waals surface area contributed by atoms with Gasteiger partial charge in [-0.05, 0) is 29.8 Å². The zero-order valence-corrected chi connectivity index (χ0v) is 15.8. The van der Waals surface area contributed by atoms with Crippen LogP contribution < -0.4 is 19.5 Å². The molecular weight excluding hydrogens is 352 g/mol. The number of nitrogens with zero attached hydrogens (tertiary/aromatic N) is 1. The van der Waals surface area contributed by atoms with Crippen molar-refractivity contribution in [3.8, 4) is 17.2 Å². The summed E-state index contributed by atoms with van der Waals surface area (Å²) in [5, 5.41) is 2.85. The van der Waals surface area contributed by atoms with Gasteiger partial charge >= 0.3 is 6.03 Å². The van der Waals surface area contributed by atoms with Gasteiger partial charge in [0.15, 0.2) is 0 Å². The molecule has 0 bridgehead atoms. The fraction of sp³-hybridized carbons (Fsp3) is 0.316. The van der Waals surface area contributed by atoms with E-state index in [1.807, 2.05) is 41.3 Å². The minimum absolute atomic E-state index is 0.0930. The Labute approximate surface area is 157 Å². The largest absolute Gasteiger partial charge is 0.497 e. The molecule has 0 radical (unpaired) electrons. The molecule has 0 aliphatic carbocycles. The number of rotatable bonds is 5. The van der Waals surface area contributed by atoms with E-state index >= 15 is 0 Å². The summed E-state index contributed by atoms with van der Waals surface area (Å²) in [6, 6.07) is 12.9. The standard InChI is InChI=1S/C19H22N2O4S/c1-23-15-6-4-5-14(11-15)20-19(22)21-7-8-26-18(21)13-9-16(24-2)12-17(10-13)25-3/h4-6,9-12,18H,7-8H2,1-3H3,(H,20,22)/t18-/m0/s1. The number of amides is 2. The molecule has 1 heterocycles. The van der Waals surface area contributed by atoms with Gasteiger partial charge in [-0.1, -0.05) is 6.07 Å². The van der Waals surface area contributed by atoms with Crippen molar-refractivity contribution in [3.05, 3.63) is 48.0 Å². The summed E-state index contributed by atoms with van der Waals surface area (Å²) < 4.78 is 15.9. The third kappa shape index (κ3) is 3.99. The monoisotopic (exact) mass is 374 g/mol. The quantitative estimate of drug-likeness (QED) is 0.857. The number of nitrogens with one attached hydrogen (secondary N) is 1. The Morgan fingerprint density at radius 3 is 2.38 bits per heavy atom. The average molecular weight is 374 g/mol. The Balaban J connectivity index is 1.80. The Kier molecular flexibility index (Phi) is 5.78. The predicted molar refractivity (Wildman–Crippen MR) is 103 cm³/mol. The van der Waals surface area contributed by atoms with Gasteiger partial charge in [-0.25, -0.2) is 4.79 Å². The maximum absolute atomic E-state index is 12.8. The lowest BCUT2D eigenvalue weighted by atomic mass is 10.2. The molecule has 1 fully saturated rings. The van der Waals surface area contributed by atoms with E-state index in [0.29, 0.717) is 29.5 Å². The summed E-state index contributed by atoms with van der Waals surface area (Å²) in [6.07, 6.45) is 0. The molecule has 3 rings (SSSR count). The molecule has 1 aliphatic rings. The number of methoxy groups -OCH3 is 3. The second-order valence-corrected chi connectivity index (χ2v) is 6.91. The highest BCUT2D eigenvalue weighted by Crippen LogP contribution is 2.40. The van der Waals surface area contributed by atoms with Crippen LogP contribution in [0.5, 0.6) is 17.2 Å². The molecule has 7 heteroatoms. The number of urea groups is 1. The number of carbonyl (C=O) groups is 1. The molecule has 0 saturated carbocycles. The maximum Gasteiger partial charge on any atom is 0.323 e. The first-order chi connectivity index (χ1) is 12.6.